The van der Waals surface area contributed by atoms with Gasteiger partial charge in [0, 0.05) is 5.02 Å². The van der Waals surface area contributed by atoms with Crippen molar-refractivity contribution in [1.29, 1.82) is 5.26 Å². The van der Waals surface area contributed by atoms with Crippen LogP contribution in [0.15, 0.2) is 58.5 Å². The number of benzene rings is 2. The van der Waals surface area contributed by atoms with E-state index in [0.29, 0.717) is 15.7 Å². The van der Waals surface area contributed by atoms with Crippen LogP contribution in [0, 0.1) is 11.3 Å². The first-order valence-electron chi connectivity index (χ1n) is 5.94. The Hall–Kier alpha value is -2.07. The van der Waals surface area contributed by atoms with E-state index in [9.17, 15) is 8.42 Å². The van der Waals surface area contributed by atoms with E-state index in [-0.39, 0.29) is 4.90 Å². The predicted molar refractivity (Wildman–Crippen MR) is 86.8 cm³/mol. The van der Waals surface area contributed by atoms with Gasteiger partial charge in [0.05, 0.1) is 15.6 Å². The maximum atomic E-state index is 12.3. The Morgan fingerprint density at radius 1 is 1.09 bits per heavy atom. The second kappa shape index (κ2) is 6.79. The van der Waals surface area contributed by atoms with Crippen LogP contribution in [0.1, 0.15) is 0 Å². The van der Waals surface area contributed by atoms with E-state index in [0.717, 1.165) is 0 Å². The Kier molecular flexibility index (Phi) is 5.03. The summed E-state index contributed by atoms with van der Waals surface area (Å²) in [6.45, 7) is 0. The van der Waals surface area contributed by atoms with Crippen LogP contribution in [0.25, 0.3) is 0 Å². The van der Waals surface area contributed by atoms with Gasteiger partial charge in [0.2, 0.25) is 9.84 Å². The van der Waals surface area contributed by atoms with Crippen LogP contribution < -0.4 is 5.43 Å². The Labute approximate surface area is 137 Å². The minimum Gasteiger partial charge on any atom is -0.275 e. The first-order chi connectivity index (χ1) is 10.4. The lowest BCUT2D eigenvalue weighted by Gasteiger charge is -2.05. The number of nitrogens with zero attached hydrogens (tertiary/aromatic N) is 2. The molecule has 0 atom stereocenters. The van der Waals surface area contributed by atoms with Crippen molar-refractivity contribution in [3.8, 4) is 6.07 Å². The van der Waals surface area contributed by atoms with E-state index in [1.165, 1.54) is 24.3 Å². The van der Waals surface area contributed by atoms with Gasteiger partial charge in [-0.25, -0.2) is 8.42 Å². The summed E-state index contributed by atoms with van der Waals surface area (Å²) in [5.74, 6) is 0. The molecule has 0 bridgehead atoms. The molecule has 0 amide bonds. The van der Waals surface area contributed by atoms with Gasteiger partial charge in [0.25, 0.3) is 5.04 Å². The predicted octanol–water partition coefficient (Wildman–Crippen LogP) is 3.72. The molecule has 112 valence electrons. The van der Waals surface area contributed by atoms with Crippen LogP contribution in [-0.2, 0) is 9.84 Å². The minimum atomic E-state index is -4.03. The van der Waals surface area contributed by atoms with E-state index in [1.807, 2.05) is 0 Å². The average Bonchev–Trinajstić information content (AvgIpc) is 2.50. The molecule has 0 radical (unpaired) electrons. The van der Waals surface area contributed by atoms with Crippen molar-refractivity contribution < 1.29 is 8.42 Å². The quantitative estimate of drug-likeness (QED) is 0.517. The summed E-state index contributed by atoms with van der Waals surface area (Å²) in [5.41, 5.74) is 2.87. The van der Waals surface area contributed by atoms with E-state index >= 15 is 0 Å². The van der Waals surface area contributed by atoms with Crippen LogP contribution in [0.3, 0.4) is 0 Å². The van der Waals surface area contributed by atoms with Crippen LogP contribution in [-0.4, -0.2) is 13.5 Å². The number of anilines is 1. The maximum Gasteiger partial charge on any atom is 0.256 e. The highest BCUT2D eigenvalue weighted by Gasteiger charge is 2.22. The van der Waals surface area contributed by atoms with Gasteiger partial charge in [0.1, 0.15) is 6.07 Å². The van der Waals surface area contributed by atoms with Crippen LogP contribution in [0.2, 0.25) is 10.0 Å². The number of hydrazone groups is 1. The van der Waals surface area contributed by atoms with Gasteiger partial charge in [-0.1, -0.05) is 35.3 Å². The lowest BCUT2D eigenvalue weighted by atomic mass is 10.3. The second-order valence-corrected chi connectivity index (χ2v) is 6.79. The van der Waals surface area contributed by atoms with Crippen molar-refractivity contribution in [2.45, 2.75) is 4.90 Å². The smallest absolute Gasteiger partial charge is 0.256 e. The molecule has 8 heteroatoms. The average molecular weight is 354 g/mol. The number of para-hydroxylation sites is 1. The lowest BCUT2D eigenvalue weighted by molar-refractivity contribution is 0.607. The highest BCUT2D eigenvalue weighted by atomic mass is 35.5. The molecular weight excluding hydrogens is 345 g/mol. The van der Waals surface area contributed by atoms with Crippen molar-refractivity contribution in [3.63, 3.8) is 0 Å². The summed E-state index contributed by atoms with van der Waals surface area (Å²) in [7, 11) is -4.03. The van der Waals surface area contributed by atoms with E-state index < -0.39 is 14.9 Å². The number of hydrogen-bond donors (Lipinski definition) is 1. The maximum absolute atomic E-state index is 12.3. The molecule has 2 aromatic rings. The van der Waals surface area contributed by atoms with Gasteiger partial charge in [-0.05, 0) is 36.4 Å². The fourth-order valence-corrected chi connectivity index (χ4v) is 2.84. The summed E-state index contributed by atoms with van der Waals surface area (Å²) < 4.78 is 24.6. The summed E-state index contributed by atoms with van der Waals surface area (Å²) >= 11 is 11.6. The first-order valence-corrected chi connectivity index (χ1v) is 8.18. The molecule has 5 nitrogen and oxygen atoms in total. The first kappa shape index (κ1) is 16.3. The molecule has 0 saturated carbocycles. The molecule has 0 aliphatic heterocycles. The number of nitriles is 1. The summed E-state index contributed by atoms with van der Waals surface area (Å²) in [6.07, 6.45) is 0. The van der Waals surface area contributed by atoms with Gasteiger partial charge in [-0.3, -0.25) is 5.43 Å². The molecule has 2 aromatic carbocycles. The van der Waals surface area contributed by atoms with Crippen molar-refractivity contribution in [2.24, 2.45) is 5.10 Å². The Bertz CT molecular complexity index is 856. The Balaban J connectivity index is 2.35. The van der Waals surface area contributed by atoms with Crippen molar-refractivity contribution in [1.82, 2.24) is 0 Å². The lowest BCUT2D eigenvalue weighted by Crippen LogP contribution is -2.15. The monoisotopic (exact) mass is 353 g/mol. The molecule has 0 fully saturated rings. The van der Waals surface area contributed by atoms with Crippen molar-refractivity contribution >= 4 is 43.8 Å². The van der Waals surface area contributed by atoms with E-state index in [4.69, 9.17) is 28.5 Å². The molecule has 1 N–H and O–H groups in total. The van der Waals surface area contributed by atoms with Gasteiger partial charge < -0.3 is 0 Å². The Morgan fingerprint density at radius 3 is 2.32 bits per heavy atom. The highest BCUT2D eigenvalue weighted by Crippen LogP contribution is 2.21. The molecule has 0 aliphatic carbocycles. The molecule has 2 rings (SSSR count). The summed E-state index contributed by atoms with van der Waals surface area (Å²) in [4.78, 5) is -0.0711. The number of nitrogens with one attached hydrogen (secondary N) is 1. The van der Waals surface area contributed by atoms with Crippen molar-refractivity contribution in [2.75, 3.05) is 5.43 Å². The molecular formula is C14H9Cl2N3O2S. The molecule has 0 heterocycles. The van der Waals surface area contributed by atoms with Gasteiger partial charge >= 0.3 is 0 Å². The molecule has 0 saturated heterocycles. The molecule has 0 unspecified atom stereocenters. The normalized spacial score (nSPS) is 11.8. The number of sulfone groups is 1. The molecule has 0 aliphatic rings. The largest absolute Gasteiger partial charge is 0.275 e. The zero-order chi connectivity index (χ0) is 16.2. The zero-order valence-corrected chi connectivity index (χ0v) is 13.3. The van der Waals surface area contributed by atoms with Gasteiger partial charge in [-0.2, -0.15) is 10.4 Å². The second-order valence-electron chi connectivity index (χ2n) is 4.08. The third-order valence-electron chi connectivity index (χ3n) is 2.63. The Morgan fingerprint density at radius 2 is 1.73 bits per heavy atom. The fourth-order valence-electron chi connectivity index (χ4n) is 1.53. The van der Waals surface area contributed by atoms with Gasteiger partial charge in [0.15, 0.2) is 0 Å². The molecule has 0 spiro atoms. The van der Waals surface area contributed by atoms with E-state index in [2.05, 4.69) is 10.5 Å². The summed E-state index contributed by atoms with van der Waals surface area (Å²) in [6, 6.07) is 13.7. The van der Waals surface area contributed by atoms with Crippen LogP contribution in [0.5, 0.6) is 0 Å². The number of rotatable bonds is 3. The standard InChI is InChI=1S/C14H9Cl2N3O2S/c15-10-5-7-11(8-6-10)22(20,21)14(9-17)19-18-13-4-2-1-3-12(13)16/h1-8,18H/b19-14-. The van der Waals surface area contributed by atoms with Gasteiger partial charge in [-0.15, -0.1) is 0 Å². The fraction of sp³-hybridized carbons (Fsp3) is 0. The summed E-state index contributed by atoms with van der Waals surface area (Å²) in [5, 5.41) is 12.8. The topological polar surface area (TPSA) is 82.3 Å². The highest BCUT2D eigenvalue weighted by molar-refractivity contribution is 8.07. The zero-order valence-electron chi connectivity index (χ0n) is 11.0. The molecule has 0 aromatic heterocycles. The molecule has 22 heavy (non-hydrogen) atoms. The van der Waals surface area contributed by atoms with Crippen molar-refractivity contribution in [3.05, 3.63) is 58.6 Å². The SMILES string of the molecule is N#C/C(=N/Nc1ccccc1Cl)S(=O)(=O)c1ccc(Cl)cc1. The third-order valence-corrected chi connectivity index (χ3v) is 4.79. The van der Waals surface area contributed by atoms with E-state index in [1.54, 1.807) is 30.3 Å². The van der Waals surface area contributed by atoms with Crippen LogP contribution >= 0.6 is 23.2 Å². The third kappa shape index (κ3) is 3.57. The number of halogens is 2. The number of hydrogen-bond acceptors (Lipinski definition) is 5. The minimum absolute atomic E-state index is 0.0711. The van der Waals surface area contributed by atoms with Crippen LogP contribution in [0.4, 0.5) is 5.69 Å².